The summed E-state index contributed by atoms with van der Waals surface area (Å²) in [5, 5.41) is 6.77. The van der Waals surface area contributed by atoms with Crippen LogP contribution < -0.4 is 0 Å². The van der Waals surface area contributed by atoms with Gasteiger partial charge in [0.15, 0.2) is 0 Å². The zero-order chi connectivity index (χ0) is 17.1. The second-order valence-electron chi connectivity index (χ2n) is 6.22. The van der Waals surface area contributed by atoms with Gasteiger partial charge in [0.25, 0.3) is 5.91 Å². The molecule has 0 saturated carbocycles. The van der Waals surface area contributed by atoms with Crippen molar-refractivity contribution in [1.82, 2.24) is 20.0 Å². The molecule has 0 aliphatic carbocycles. The van der Waals surface area contributed by atoms with Crippen molar-refractivity contribution in [3.63, 3.8) is 0 Å². The zero-order valence-electron chi connectivity index (χ0n) is 13.9. The van der Waals surface area contributed by atoms with Crippen LogP contribution in [0.25, 0.3) is 11.1 Å². The highest BCUT2D eigenvalue weighted by molar-refractivity contribution is 5.95. The normalized spacial score (nSPS) is 15.4. The Morgan fingerprint density at radius 1 is 1.12 bits per heavy atom. The van der Waals surface area contributed by atoms with Crippen LogP contribution in [0, 0.1) is 0 Å². The highest BCUT2D eigenvalue weighted by atomic mass is 16.3. The van der Waals surface area contributed by atoms with Crippen molar-refractivity contribution in [2.45, 2.75) is 6.54 Å². The lowest BCUT2D eigenvalue weighted by Crippen LogP contribution is -2.48. The summed E-state index contributed by atoms with van der Waals surface area (Å²) in [6, 6.07) is 11.6. The Kier molecular flexibility index (Phi) is 4.35. The molecule has 1 aliphatic heterocycles. The molecule has 1 N–H and O–H groups in total. The van der Waals surface area contributed by atoms with Crippen LogP contribution in [0.4, 0.5) is 0 Å². The first kappa shape index (κ1) is 15.7. The average Bonchev–Trinajstić information content (AvgIpc) is 3.36. The van der Waals surface area contributed by atoms with Crippen LogP contribution in [0.5, 0.6) is 0 Å². The lowest BCUT2D eigenvalue weighted by atomic mass is 10.1. The summed E-state index contributed by atoms with van der Waals surface area (Å²) in [5.74, 6) is 1.05. The summed E-state index contributed by atoms with van der Waals surface area (Å²) >= 11 is 0. The summed E-state index contributed by atoms with van der Waals surface area (Å²) < 4.78 is 5.40. The number of aromatic nitrogens is 2. The standard InChI is InChI=1S/C19H20N4O2/c24-19(16-4-1-3-15(11-16)17-12-20-21-13-17)23-8-6-22(7-9-23)14-18-5-2-10-25-18/h1-5,10-13H,6-9,14H2,(H,20,21). The van der Waals surface area contributed by atoms with E-state index in [9.17, 15) is 4.79 Å². The predicted molar refractivity (Wildman–Crippen MR) is 93.9 cm³/mol. The number of H-pyrrole nitrogens is 1. The van der Waals surface area contributed by atoms with Gasteiger partial charge in [-0.3, -0.25) is 14.8 Å². The molecule has 0 unspecified atom stereocenters. The molecule has 1 fully saturated rings. The molecule has 1 saturated heterocycles. The molecule has 0 radical (unpaired) electrons. The van der Waals surface area contributed by atoms with Crippen molar-refractivity contribution in [3.05, 3.63) is 66.4 Å². The van der Waals surface area contributed by atoms with Crippen molar-refractivity contribution in [2.75, 3.05) is 26.2 Å². The first-order valence-corrected chi connectivity index (χ1v) is 8.43. The van der Waals surface area contributed by atoms with Gasteiger partial charge in [0.2, 0.25) is 0 Å². The maximum Gasteiger partial charge on any atom is 0.253 e. The minimum atomic E-state index is 0.0861. The van der Waals surface area contributed by atoms with Gasteiger partial charge < -0.3 is 9.32 Å². The summed E-state index contributed by atoms with van der Waals surface area (Å²) in [5.41, 5.74) is 2.70. The number of benzene rings is 1. The molecule has 0 atom stereocenters. The van der Waals surface area contributed by atoms with Crippen molar-refractivity contribution in [2.24, 2.45) is 0 Å². The third kappa shape index (κ3) is 3.49. The topological polar surface area (TPSA) is 65.4 Å². The number of amides is 1. The number of nitrogens with zero attached hydrogens (tertiary/aromatic N) is 3. The Labute approximate surface area is 146 Å². The van der Waals surface area contributed by atoms with Gasteiger partial charge in [0.1, 0.15) is 5.76 Å². The summed E-state index contributed by atoms with van der Waals surface area (Å²) in [7, 11) is 0. The zero-order valence-corrected chi connectivity index (χ0v) is 13.9. The fourth-order valence-electron chi connectivity index (χ4n) is 3.16. The van der Waals surface area contributed by atoms with Gasteiger partial charge in [-0.15, -0.1) is 0 Å². The van der Waals surface area contributed by atoms with Gasteiger partial charge in [-0.1, -0.05) is 12.1 Å². The van der Waals surface area contributed by atoms with E-state index >= 15 is 0 Å². The monoisotopic (exact) mass is 336 g/mol. The molecule has 0 spiro atoms. The molecule has 6 heteroatoms. The third-order valence-corrected chi connectivity index (χ3v) is 4.56. The Bertz CT molecular complexity index is 819. The second-order valence-corrected chi connectivity index (χ2v) is 6.22. The number of aromatic amines is 1. The van der Waals surface area contributed by atoms with E-state index in [2.05, 4.69) is 15.1 Å². The van der Waals surface area contributed by atoms with E-state index in [1.54, 1.807) is 12.5 Å². The van der Waals surface area contributed by atoms with Gasteiger partial charge in [-0.05, 0) is 29.8 Å². The van der Waals surface area contributed by atoms with Crippen LogP contribution in [0.1, 0.15) is 16.1 Å². The first-order valence-electron chi connectivity index (χ1n) is 8.43. The fourth-order valence-corrected chi connectivity index (χ4v) is 3.16. The largest absolute Gasteiger partial charge is 0.468 e. The van der Waals surface area contributed by atoms with Gasteiger partial charge in [0.05, 0.1) is 19.0 Å². The Morgan fingerprint density at radius 3 is 2.72 bits per heavy atom. The third-order valence-electron chi connectivity index (χ3n) is 4.56. The highest BCUT2D eigenvalue weighted by Crippen LogP contribution is 2.20. The quantitative estimate of drug-likeness (QED) is 0.795. The number of nitrogens with one attached hydrogen (secondary N) is 1. The smallest absolute Gasteiger partial charge is 0.253 e. The molecular formula is C19H20N4O2. The van der Waals surface area contributed by atoms with Crippen LogP contribution in [-0.2, 0) is 6.54 Å². The minimum Gasteiger partial charge on any atom is -0.468 e. The van der Waals surface area contributed by atoms with E-state index in [1.807, 2.05) is 47.5 Å². The van der Waals surface area contributed by atoms with Gasteiger partial charge in [-0.25, -0.2) is 0 Å². The van der Waals surface area contributed by atoms with Crippen LogP contribution >= 0.6 is 0 Å². The lowest BCUT2D eigenvalue weighted by Gasteiger charge is -2.34. The average molecular weight is 336 g/mol. The Morgan fingerprint density at radius 2 is 2.00 bits per heavy atom. The van der Waals surface area contributed by atoms with E-state index in [4.69, 9.17) is 4.42 Å². The van der Waals surface area contributed by atoms with Crippen molar-refractivity contribution in [3.8, 4) is 11.1 Å². The summed E-state index contributed by atoms with van der Waals surface area (Å²) in [6.45, 7) is 3.97. The number of hydrogen-bond donors (Lipinski definition) is 1. The number of furan rings is 1. The maximum absolute atomic E-state index is 12.8. The lowest BCUT2D eigenvalue weighted by molar-refractivity contribution is 0.0620. The molecule has 3 aromatic rings. The molecule has 2 aromatic heterocycles. The number of rotatable bonds is 4. The Hall–Kier alpha value is -2.86. The number of hydrogen-bond acceptors (Lipinski definition) is 4. The minimum absolute atomic E-state index is 0.0861. The van der Waals surface area contributed by atoms with Crippen molar-refractivity contribution in [1.29, 1.82) is 0 Å². The van der Waals surface area contributed by atoms with Gasteiger partial charge >= 0.3 is 0 Å². The Balaban J connectivity index is 1.40. The molecule has 25 heavy (non-hydrogen) atoms. The van der Waals surface area contributed by atoms with Gasteiger partial charge in [-0.2, -0.15) is 5.10 Å². The highest BCUT2D eigenvalue weighted by Gasteiger charge is 2.22. The van der Waals surface area contributed by atoms with Crippen LogP contribution in [0.3, 0.4) is 0 Å². The predicted octanol–water partition coefficient (Wildman–Crippen LogP) is 2.63. The van der Waals surface area contributed by atoms with Crippen LogP contribution in [0.2, 0.25) is 0 Å². The molecule has 4 rings (SSSR count). The second kappa shape index (κ2) is 6.94. The molecule has 6 nitrogen and oxygen atoms in total. The summed E-state index contributed by atoms with van der Waals surface area (Å²) in [4.78, 5) is 17.0. The van der Waals surface area contributed by atoms with E-state index in [0.29, 0.717) is 0 Å². The molecule has 0 bridgehead atoms. The molecular weight excluding hydrogens is 316 g/mol. The van der Waals surface area contributed by atoms with Crippen LogP contribution in [-0.4, -0.2) is 52.1 Å². The van der Waals surface area contributed by atoms with Gasteiger partial charge in [0, 0.05) is 43.5 Å². The first-order chi connectivity index (χ1) is 12.3. The van der Waals surface area contributed by atoms with Crippen molar-refractivity contribution >= 4 is 5.91 Å². The van der Waals surface area contributed by atoms with E-state index < -0.39 is 0 Å². The molecule has 128 valence electrons. The molecule has 1 amide bonds. The van der Waals surface area contributed by atoms with Crippen molar-refractivity contribution < 1.29 is 9.21 Å². The van der Waals surface area contributed by atoms with E-state index in [-0.39, 0.29) is 5.91 Å². The maximum atomic E-state index is 12.8. The number of carbonyl (C=O) groups excluding carboxylic acids is 1. The molecule has 3 heterocycles. The van der Waals surface area contributed by atoms with E-state index in [1.165, 1.54) is 0 Å². The van der Waals surface area contributed by atoms with Crippen LogP contribution in [0.15, 0.2) is 59.5 Å². The summed E-state index contributed by atoms with van der Waals surface area (Å²) in [6.07, 6.45) is 5.29. The SMILES string of the molecule is O=C(c1cccc(-c2cn[nH]c2)c1)N1CCN(Cc2ccco2)CC1. The number of piperazine rings is 1. The number of carbonyl (C=O) groups is 1. The molecule has 1 aromatic carbocycles. The van der Waals surface area contributed by atoms with E-state index in [0.717, 1.165) is 55.2 Å². The fraction of sp³-hybridized carbons (Fsp3) is 0.263. The molecule has 1 aliphatic rings.